The number of hydrogen-bond acceptors (Lipinski definition) is 5. The highest BCUT2D eigenvalue weighted by atomic mass is 16.5. The number of anilines is 1. The fraction of sp³-hybridized carbons (Fsp3) is 0.296. The molecule has 0 unspecified atom stereocenters. The predicted molar refractivity (Wildman–Crippen MR) is 132 cm³/mol. The van der Waals surface area contributed by atoms with Crippen LogP contribution in [0.3, 0.4) is 0 Å². The fourth-order valence-electron chi connectivity index (χ4n) is 4.40. The van der Waals surface area contributed by atoms with Crippen molar-refractivity contribution in [1.82, 2.24) is 9.80 Å². The number of carbonyl (C=O) groups excluding carboxylic acids is 1. The summed E-state index contributed by atoms with van der Waals surface area (Å²) >= 11 is 0. The minimum atomic E-state index is -0.275. The Kier molecular flexibility index (Phi) is 6.03. The average molecular weight is 444 g/mol. The molecule has 1 aliphatic heterocycles. The molecule has 0 aliphatic carbocycles. The molecule has 2 heterocycles. The molecule has 0 saturated carbocycles. The van der Waals surface area contributed by atoms with E-state index in [1.165, 1.54) is 0 Å². The van der Waals surface area contributed by atoms with Gasteiger partial charge in [-0.05, 0) is 31.5 Å². The smallest absolute Gasteiger partial charge is 0.291 e. The molecule has 1 aliphatic rings. The van der Waals surface area contributed by atoms with E-state index in [9.17, 15) is 4.79 Å². The third-order valence-electron chi connectivity index (χ3n) is 6.43. The quantitative estimate of drug-likeness (QED) is 0.465. The van der Waals surface area contributed by atoms with Gasteiger partial charge in [0, 0.05) is 49.1 Å². The Labute approximate surface area is 193 Å². The second kappa shape index (κ2) is 9.25. The predicted octanol–water partition coefficient (Wildman–Crippen LogP) is 4.77. The number of likely N-dealkylation sites (N-methyl/N-ethyl adjacent to an activating group) is 1. The fourth-order valence-corrected chi connectivity index (χ4v) is 4.40. The van der Waals surface area contributed by atoms with Crippen LogP contribution in [0.15, 0.2) is 65.1 Å². The van der Waals surface area contributed by atoms with Crippen LogP contribution in [0.25, 0.3) is 21.7 Å². The highest BCUT2D eigenvalue weighted by Crippen LogP contribution is 2.33. The van der Waals surface area contributed by atoms with Gasteiger partial charge in [-0.2, -0.15) is 0 Å². The standard InChI is InChI=1S/C27H29N3O3/c1-19-21-12-11-20-7-3-4-8-22(20)26(21)33-25(19)27(31)28-23-9-5-6-10-24(23)32-18-17-30-15-13-29(2)14-16-30/h3-12H,13-18H2,1-2H3,(H,28,31). The molecule has 6 heteroatoms. The molecule has 1 saturated heterocycles. The molecular weight excluding hydrogens is 414 g/mol. The highest BCUT2D eigenvalue weighted by molar-refractivity contribution is 6.11. The summed E-state index contributed by atoms with van der Waals surface area (Å²) in [5, 5.41) is 6.04. The van der Waals surface area contributed by atoms with Crippen molar-refractivity contribution in [3.63, 3.8) is 0 Å². The van der Waals surface area contributed by atoms with Crippen LogP contribution in [0.2, 0.25) is 0 Å². The Morgan fingerprint density at radius 1 is 0.970 bits per heavy atom. The molecular formula is C27H29N3O3. The van der Waals surface area contributed by atoms with Crippen molar-refractivity contribution < 1.29 is 13.9 Å². The van der Waals surface area contributed by atoms with Crippen molar-refractivity contribution in [2.75, 3.05) is 51.7 Å². The van der Waals surface area contributed by atoms with Crippen LogP contribution < -0.4 is 10.1 Å². The number of aryl methyl sites for hydroxylation is 1. The van der Waals surface area contributed by atoms with Gasteiger partial charge in [0.05, 0.1) is 5.69 Å². The third kappa shape index (κ3) is 4.45. The molecule has 1 fully saturated rings. The maximum absolute atomic E-state index is 13.2. The molecule has 0 radical (unpaired) electrons. The molecule has 1 amide bonds. The maximum Gasteiger partial charge on any atom is 0.291 e. The topological polar surface area (TPSA) is 58.0 Å². The largest absolute Gasteiger partial charge is 0.490 e. The molecule has 170 valence electrons. The lowest BCUT2D eigenvalue weighted by atomic mass is 10.1. The number of hydrogen-bond donors (Lipinski definition) is 1. The van der Waals surface area contributed by atoms with Crippen molar-refractivity contribution in [3.8, 4) is 5.75 Å². The molecule has 0 atom stereocenters. The van der Waals surface area contributed by atoms with Crippen molar-refractivity contribution >= 4 is 33.3 Å². The number of fused-ring (bicyclic) bond motifs is 3. The van der Waals surface area contributed by atoms with Gasteiger partial charge in [-0.25, -0.2) is 0 Å². The Bertz CT molecular complexity index is 1290. The van der Waals surface area contributed by atoms with Crippen molar-refractivity contribution in [2.45, 2.75) is 6.92 Å². The minimum Gasteiger partial charge on any atom is -0.490 e. The molecule has 3 aromatic carbocycles. The summed E-state index contributed by atoms with van der Waals surface area (Å²) in [5.74, 6) is 0.718. The Morgan fingerprint density at radius 3 is 2.58 bits per heavy atom. The van der Waals surface area contributed by atoms with E-state index in [-0.39, 0.29) is 5.91 Å². The van der Waals surface area contributed by atoms with Crippen LogP contribution in [0.1, 0.15) is 16.1 Å². The highest BCUT2D eigenvalue weighted by Gasteiger charge is 2.20. The molecule has 0 spiro atoms. The van der Waals surface area contributed by atoms with E-state index in [4.69, 9.17) is 9.15 Å². The minimum absolute atomic E-state index is 0.275. The monoisotopic (exact) mass is 443 g/mol. The van der Waals surface area contributed by atoms with Crippen molar-refractivity contribution in [2.24, 2.45) is 0 Å². The van der Waals surface area contributed by atoms with Gasteiger partial charge in [-0.1, -0.05) is 48.5 Å². The Balaban J connectivity index is 1.31. The first kappa shape index (κ1) is 21.5. The van der Waals surface area contributed by atoms with Crippen molar-refractivity contribution in [3.05, 3.63) is 72.0 Å². The van der Waals surface area contributed by atoms with Crippen LogP contribution in [-0.2, 0) is 0 Å². The number of rotatable bonds is 6. The molecule has 1 aromatic heterocycles. The van der Waals surface area contributed by atoms with E-state index in [1.54, 1.807) is 0 Å². The molecule has 33 heavy (non-hydrogen) atoms. The van der Waals surface area contributed by atoms with Gasteiger partial charge in [-0.15, -0.1) is 0 Å². The van der Waals surface area contributed by atoms with E-state index in [2.05, 4.69) is 28.2 Å². The molecule has 0 bridgehead atoms. The van der Waals surface area contributed by atoms with Crippen LogP contribution in [0, 0.1) is 6.92 Å². The van der Waals surface area contributed by atoms with Crippen LogP contribution in [0.5, 0.6) is 5.75 Å². The number of nitrogens with zero attached hydrogens (tertiary/aromatic N) is 2. The second-order valence-corrected chi connectivity index (χ2v) is 8.66. The zero-order valence-electron chi connectivity index (χ0n) is 19.1. The van der Waals surface area contributed by atoms with E-state index < -0.39 is 0 Å². The first-order valence-corrected chi connectivity index (χ1v) is 11.4. The van der Waals surface area contributed by atoms with Gasteiger partial charge in [-0.3, -0.25) is 9.69 Å². The number of para-hydroxylation sites is 2. The summed E-state index contributed by atoms with van der Waals surface area (Å²) in [6.45, 7) is 7.64. The van der Waals surface area contributed by atoms with Gasteiger partial charge in [0.15, 0.2) is 5.76 Å². The van der Waals surface area contributed by atoms with Crippen molar-refractivity contribution in [1.29, 1.82) is 0 Å². The summed E-state index contributed by atoms with van der Waals surface area (Å²) in [7, 11) is 2.15. The zero-order chi connectivity index (χ0) is 22.8. The van der Waals surface area contributed by atoms with E-state index in [1.807, 2.05) is 61.5 Å². The first-order valence-electron chi connectivity index (χ1n) is 11.4. The van der Waals surface area contributed by atoms with Gasteiger partial charge in [0.25, 0.3) is 5.91 Å². The summed E-state index contributed by atoms with van der Waals surface area (Å²) in [5.41, 5.74) is 2.22. The lowest BCUT2D eigenvalue weighted by molar-refractivity contribution is 0.0997. The molecule has 6 nitrogen and oxygen atoms in total. The SMILES string of the molecule is Cc1c(C(=O)Nc2ccccc2OCCN2CCN(C)CC2)oc2c1ccc1ccccc12. The normalized spacial score (nSPS) is 15.2. The van der Waals surface area contributed by atoms with Gasteiger partial charge >= 0.3 is 0 Å². The number of piperazine rings is 1. The third-order valence-corrected chi connectivity index (χ3v) is 6.43. The lowest BCUT2D eigenvalue weighted by Gasteiger charge is -2.32. The van der Waals surface area contributed by atoms with Gasteiger partial charge < -0.3 is 19.4 Å². The van der Waals surface area contributed by atoms with E-state index in [0.29, 0.717) is 23.8 Å². The van der Waals surface area contributed by atoms with Gasteiger partial charge in [0.2, 0.25) is 0 Å². The summed E-state index contributed by atoms with van der Waals surface area (Å²) in [4.78, 5) is 17.9. The number of benzene rings is 3. The number of carbonyl (C=O) groups is 1. The maximum atomic E-state index is 13.2. The number of ether oxygens (including phenoxy) is 1. The lowest BCUT2D eigenvalue weighted by Crippen LogP contribution is -2.45. The molecule has 5 rings (SSSR count). The summed E-state index contributed by atoms with van der Waals surface area (Å²) in [6.07, 6.45) is 0. The number of amides is 1. The number of nitrogens with one attached hydrogen (secondary N) is 1. The van der Waals surface area contributed by atoms with Crippen LogP contribution in [-0.4, -0.2) is 62.1 Å². The average Bonchev–Trinajstić information content (AvgIpc) is 3.18. The van der Waals surface area contributed by atoms with Gasteiger partial charge in [0.1, 0.15) is 17.9 Å². The molecule has 4 aromatic rings. The first-order chi connectivity index (χ1) is 16.1. The summed E-state index contributed by atoms with van der Waals surface area (Å²) in [6, 6.07) is 19.7. The zero-order valence-corrected chi connectivity index (χ0v) is 19.1. The Hall–Kier alpha value is -3.35. The van der Waals surface area contributed by atoms with Crippen LogP contribution in [0.4, 0.5) is 5.69 Å². The summed E-state index contributed by atoms with van der Waals surface area (Å²) < 4.78 is 12.1. The number of furan rings is 1. The second-order valence-electron chi connectivity index (χ2n) is 8.66. The van der Waals surface area contributed by atoms with Crippen LogP contribution >= 0.6 is 0 Å². The molecule has 1 N–H and O–H groups in total. The Morgan fingerprint density at radius 2 is 1.73 bits per heavy atom. The van der Waals surface area contributed by atoms with E-state index >= 15 is 0 Å². The van der Waals surface area contributed by atoms with E-state index in [0.717, 1.165) is 60.0 Å².